The Morgan fingerprint density at radius 1 is 1.00 bits per heavy atom. The van der Waals surface area contributed by atoms with Gasteiger partial charge >= 0.3 is 0 Å². The number of hydrogen-bond donors (Lipinski definition) is 4. The van der Waals surface area contributed by atoms with E-state index < -0.39 is 10.3 Å². The van der Waals surface area contributed by atoms with Gasteiger partial charge in [-0.25, -0.2) is 0 Å². The number of nitrogens with two attached hydrogens (primary N) is 2. The molecule has 0 fully saturated rings. The Morgan fingerprint density at radius 2 is 1.42 bits per heavy atom. The van der Waals surface area contributed by atoms with Gasteiger partial charge in [-0.2, -0.15) is 11.7 Å². The molecule has 2 atom stereocenters. The number of nitrogens with one attached hydrogen (secondary N) is 2. The summed E-state index contributed by atoms with van der Waals surface area (Å²) in [5.41, 5.74) is 0.567. The summed E-state index contributed by atoms with van der Waals surface area (Å²) < 4.78 is 0. The van der Waals surface area contributed by atoms with Gasteiger partial charge in [0, 0.05) is 12.1 Å². The molecule has 0 aliphatic heterocycles. The van der Waals surface area contributed by atoms with Gasteiger partial charge in [-0.1, -0.05) is 6.07 Å². The van der Waals surface area contributed by atoms with E-state index >= 15 is 0 Å². The molecule has 0 aliphatic rings. The summed E-state index contributed by atoms with van der Waals surface area (Å²) in [7, 11) is 0. The summed E-state index contributed by atoms with van der Waals surface area (Å²) in [4.78, 5) is 0. The molecule has 6 heteroatoms. The van der Waals surface area contributed by atoms with Crippen LogP contribution < -0.4 is 22.0 Å². The minimum Gasteiger partial charge on any atom is -0.608 e. The molecular formula is C6H10N4O2. The molecule has 0 amide bonds. The second-order valence-corrected chi connectivity index (χ2v) is 2.31. The highest BCUT2D eigenvalue weighted by Gasteiger charge is 2.02. The molecule has 66 valence electrons. The molecule has 0 aliphatic carbocycles. The standard InChI is InChI=1S/C6H10N4O2/c7-9(11)5-2-1-3-6(4-5)10(8)12/h1-4,9-10H,7-8H2. The van der Waals surface area contributed by atoms with Crippen molar-refractivity contribution < 1.29 is 10.3 Å². The molecule has 0 saturated heterocycles. The van der Waals surface area contributed by atoms with E-state index in [0.29, 0.717) is 0 Å². The molecule has 0 radical (unpaired) electrons. The highest BCUT2D eigenvalue weighted by molar-refractivity contribution is 5.41. The topological polar surface area (TPSA) is 107 Å². The third-order valence-electron chi connectivity index (χ3n) is 1.43. The molecule has 6 nitrogen and oxygen atoms in total. The van der Waals surface area contributed by atoms with Gasteiger partial charge in [0.1, 0.15) is 0 Å². The lowest BCUT2D eigenvalue weighted by Crippen LogP contribution is -3.09. The van der Waals surface area contributed by atoms with E-state index in [1.165, 1.54) is 18.2 Å². The quantitative estimate of drug-likeness (QED) is 0.290. The minimum atomic E-state index is -0.571. The molecule has 0 saturated carbocycles. The summed E-state index contributed by atoms with van der Waals surface area (Å²) in [6, 6.07) is 5.97. The Morgan fingerprint density at radius 3 is 1.75 bits per heavy atom. The van der Waals surface area contributed by atoms with Crippen LogP contribution in [-0.4, -0.2) is 0 Å². The first kappa shape index (κ1) is 9.07. The monoisotopic (exact) mass is 170 g/mol. The Hall–Kier alpha value is -1.02. The van der Waals surface area contributed by atoms with E-state index in [4.69, 9.17) is 11.7 Å². The van der Waals surface area contributed by atoms with E-state index in [2.05, 4.69) is 0 Å². The van der Waals surface area contributed by atoms with Gasteiger partial charge in [0.05, 0.1) is 6.07 Å². The summed E-state index contributed by atoms with van der Waals surface area (Å²) in [5.74, 6) is 9.98. The fourth-order valence-corrected chi connectivity index (χ4v) is 0.826. The van der Waals surface area contributed by atoms with Gasteiger partial charge in [0.2, 0.25) is 0 Å². The zero-order valence-electron chi connectivity index (χ0n) is 6.28. The Balaban J connectivity index is 2.96. The molecule has 0 bridgehead atoms. The molecule has 1 aromatic carbocycles. The van der Waals surface area contributed by atoms with Crippen molar-refractivity contribution in [2.75, 3.05) is 0 Å². The predicted octanol–water partition coefficient (Wildman–Crippen LogP) is -2.54. The molecule has 1 rings (SSSR count). The van der Waals surface area contributed by atoms with Crippen molar-refractivity contribution in [3.05, 3.63) is 34.7 Å². The minimum absolute atomic E-state index is 0.284. The number of hydrogen-bond acceptors (Lipinski definition) is 4. The van der Waals surface area contributed by atoms with Crippen LogP contribution in [0, 0.1) is 10.4 Å². The number of rotatable bonds is 2. The summed E-state index contributed by atoms with van der Waals surface area (Å²) in [6.45, 7) is 0. The van der Waals surface area contributed by atoms with Crippen molar-refractivity contribution in [2.45, 2.75) is 0 Å². The largest absolute Gasteiger partial charge is 0.608 e. The summed E-state index contributed by atoms with van der Waals surface area (Å²) in [5, 5.41) is 20.1. The number of benzene rings is 1. The number of quaternary nitrogens is 2. The van der Waals surface area contributed by atoms with Crippen LogP contribution in [0.4, 0.5) is 11.4 Å². The third kappa shape index (κ3) is 1.98. The van der Waals surface area contributed by atoms with Crippen molar-refractivity contribution in [1.82, 2.24) is 0 Å². The van der Waals surface area contributed by atoms with E-state index in [9.17, 15) is 10.4 Å². The molecule has 0 spiro atoms. The van der Waals surface area contributed by atoms with E-state index in [1.807, 2.05) is 0 Å². The first-order valence-electron chi connectivity index (χ1n) is 3.31. The van der Waals surface area contributed by atoms with Crippen molar-refractivity contribution in [3.63, 3.8) is 0 Å². The van der Waals surface area contributed by atoms with Crippen LogP contribution in [0.15, 0.2) is 24.3 Å². The molecule has 1 aromatic rings. The van der Waals surface area contributed by atoms with Gasteiger partial charge < -0.3 is 10.4 Å². The van der Waals surface area contributed by atoms with Gasteiger partial charge in [-0.05, 0) is 0 Å². The van der Waals surface area contributed by atoms with Gasteiger partial charge in [-0.15, -0.1) is 0 Å². The van der Waals surface area contributed by atoms with Crippen LogP contribution in [0.3, 0.4) is 0 Å². The SMILES string of the molecule is N[NH+]([O-])c1cccc([NH+](N)[O-])c1. The first-order chi connectivity index (χ1) is 5.61. The van der Waals surface area contributed by atoms with Crippen molar-refractivity contribution in [1.29, 1.82) is 0 Å². The van der Waals surface area contributed by atoms with Crippen molar-refractivity contribution in [2.24, 2.45) is 11.7 Å². The Kier molecular flexibility index (Phi) is 2.71. The smallest absolute Gasteiger partial charge is 0.156 e. The van der Waals surface area contributed by atoms with Crippen LogP contribution in [0.25, 0.3) is 0 Å². The fourth-order valence-electron chi connectivity index (χ4n) is 0.826. The van der Waals surface area contributed by atoms with Crippen LogP contribution >= 0.6 is 0 Å². The Labute approximate surface area is 69.1 Å². The normalized spacial score (nSPS) is 15.7. The molecular weight excluding hydrogens is 160 g/mol. The lowest BCUT2D eigenvalue weighted by molar-refractivity contribution is -0.796. The van der Waals surface area contributed by atoms with Gasteiger partial charge in [-0.3, -0.25) is 10.3 Å². The first-order valence-corrected chi connectivity index (χ1v) is 3.31. The summed E-state index contributed by atoms with van der Waals surface area (Å²) >= 11 is 0. The molecule has 6 N–H and O–H groups in total. The highest BCUT2D eigenvalue weighted by Crippen LogP contribution is 2.05. The van der Waals surface area contributed by atoms with Gasteiger partial charge in [0.15, 0.2) is 11.4 Å². The third-order valence-corrected chi connectivity index (χ3v) is 1.43. The zero-order chi connectivity index (χ0) is 9.14. The molecule has 0 heterocycles. The molecule has 0 aromatic heterocycles. The maximum Gasteiger partial charge on any atom is 0.156 e. The fraction of sp³-hybridized carbons (Fsp3) is 0. The number of nitrogen functional groups attached to an aromatic ring is 2. The predicted molar refractivity (Wildman–Crippen MR) is 42.8 cm³/mol. The van der Waals surface area contributed by atoms with E-state index in [0.717, 1.165) is 0 Å². The van der Waals surface area contributed by atoms with Crippen LogP contribution in [0.1, 0.15) is 0 Å². The van der Waals surface area contributed by atoms with Crippen LogP contribution in [0.2, 0.25) is 0 Å². The van der Waals surface area contributed by atoms with Crippen LogP contribution in [-0.2, 0) is 0 Å². The maximum absolute atomic E-state index is 10.6. The summed E-state index contributed by atoms with van der Waals surface area (Å²) in [6.07, 6.45) is 0. The van der Waals surface area contributed by atoms with Crippen molar-refractivity contribution in [3.8, 4) is 0 Å². The molecule has 2 unspecified atom stereocenters. The van der Waals surface area contributed by atoms with Crippen molar-refractivity contribution >= 4 is 11.4 Å². The van der Waals surface area contributed by atoms with E-state index in [1.54, 1.807) is 6.07 Å². The molecule has 12 heavy (non-hydrogen) atoms. The van der Waals surface area contributed by atoms with Gasteiger partial charge in [0.25, 0.3) is 0 Å². The average Bonchev–Trinajstić information content (AvgIpc) is 2.04. The Bertz CT molecular complexity index is 240. The average molecular weight is 170 g/mol. The second-order valence-electron chi connectivity index (χ2n) is 2.31. The highest BCUT2D eigenvalue weighted by atomic mass is 16.5. The van der Waals surface area contributed by atoms with Crippen LogP contribution in [0.5, 0.6) is 0 Å². The van der Waals surface area contributed by atoms with E-state index in [-0.39, 0.29) is 11.4 Å². The maximum atomic E-state index is 10.6. The lowest BCUT2D eigenvalue weighted by Gasteiger charge is -2.17. The zero-order valence-corrected chi connectivity index (χ0v) is 6.28. The second kappa shape index (κ2) is 3.59. The lowest BCUT2D eigenvalue weighted by atomic mass is 10.3.